The zero-order valence-electron chi connectivity index (χ0n) is 17.8. The Labute approximate surface area is 200 Å². The van der Waals surface area contributed by atoms with E-state index in [0.717, 1.165) is 4.31 Å². The van der Waals surface area contributed by atoms with Crippen molar-refractivity contribution in [1.29, 1.82) is 0 Å². The van der Waals surface area contributed by atoms with Crippen molar-refractivity contribution >= 4 is 45.1 Å². The van der Waals surface area contributed by atoms with Crippen LogP contribution in [-0.2, 0) is 14.8 Å². The summed E-state index contributed by atoms with van der Waals surface area (Å²) in [5.41, 5.74) is 2.41. The Hall–Kier alpha value is -3.96. The van der Waals surface area contributed by atoms with Crippen molar-refractivity contribution in [3.63, 3.8) is 0 Å². The number of carbonyl (C=O) groups is 1. The van der Waals surface area contributed by atoms with Gasteiger partial charge in [-0.2, -0.15) is 5.10 Å². The molecule has 3 rings (SSSR count). The number of amides is 1. The SMILES string of the molecule is COc1ccc(/C=N/NC(=O)CN(c2ccccc2Cl)S(=O)(=O)c2ccccc2)cc1[N+](=O)[O-]. The van der Waals surface area contributed by atoms with Crippen LogP contribution in [0, 0.1) is 10.1 Å². The number of ether oxygens (including phenoxy) is 1. The monoisotopic (exact) mass is 502 g/mol. The summed E-state index contributed by atoms with van der Waals surface area (Å²) in [4.78, 5) is 23.1. The Morgan fingerprint density at radius 2 is 1.82 bits per heavy atom. The third-order valence-electron chi connectivity index (χ3n) is 4.54. The number of halogens is 1. The first-order valence-electron chi connectivity index (χ1n) is 9.70. The van der Waals surface area contributed by atoms with Crippen molar-refractivity contribution in [2.45, 2.75) is 4.90 Å². The van der Waals surface area contributed by atoms with E-state index in [1.54, 1.807) is 30.3 Å². The fourth-order valence-corrected chi connectivity index (χ4v) is 4.70. The van der Waals surface area contributed by atoms with Crippen LogP contribution < -0.4 is 14.5 Å². The van der Waals surface area contributed by atoms with E-state index >= 15 is 0 Å². The number of nitro groups is 1. The van der Waals surface area contributed by atoms with Crippen molar-refractivity contribution in [2.75, 3.05) is 18.0 Å². The fourth-order valence-electron chi connectivity index (χ4n) is 2.95. The molecule has 0 bridgehead atoms. The smallest absolute Gasteiger partial charge is 0.311 e. The van der Waals surface area contributed by atoms with E-state index in [2.05, 4.69) is 10.5 Å². The summed E-state index contributed by atoms with van der Waals surface area (Å²) in [6.45, 7) is -0.610. The Bertz CT molecular complexity index is 1330. The van der Waals surface area contributed by atoms with Crippen LogP contribution in [0.25, 0.3) is 0 Å². The Kier molecular flexibility index (Phi) is 7.82. The van der Waals surface area contributed by atoms with Crippen molar-refractivity contribution in [1.82, 2.24) is 5.43 Å². The number of nitro benzene ring substituents is 1. The maximum Gasteiger partial charge on any atom is 0.311 e. The van der Waals surface area contributed by atoms with Gasteiger partial charge >= 0.3 is 5.69 Å². The van der Waals surface area contributed by atoms with Crippen LogP contribution in [0.3, 0.4) is 0 Å². The summed E-state index contributed by atoms with van der Waals surface area (Å²) in [5, 5.41) is 15.1. The minimum absolute atomic E-state index is 0.0169. The van der Waals surface area contributed by atoms with Gasteiger partial charge < -0.3 is 4.74 Å². The second-order valence-corrected chi connectivity index (χ2v) is 9.03. The third kappa shape index (κ3) is 5.69. The van der Waals surface area contributed by atoms with Crippen LogP contribution >= 0.6 is 11.6 Å². The second kappa shape index (κ2) is 10.8. The van der Waals surface area contributed by atoms with Crippen LogP contribution in [-0.4, -0.2) is 39.1 Å². The minimum Gasteiger partial charge on any atom is -0.490 e. The summed E-state index contributed by atoms with van der Waals surface area (Å²) < 4.78 is 32.3. The van der Waals surface area contributed by atoms with E-state index in [1.165, 1.54) is 55.8 Å². The first-order chi connectivity index (χ1) is 16.2. The first kappa shape index (κ1) is 24.7. The molecule has 0 spiro atoms. The highest BCUT2D eigenvalue weighted by atomic mass is 35.5. The van der Waals surface area contributed by atoms with Crippen molar-refractivity contribution in [3.8, 4) is 5.75 Å². The Balaban J connectivity index is 1.82. The molecule has 0 saturated carbocycles. The van der Waals surface area contributed by atoms with Crippen molar-refractivity contribution in [3.05, 3.63) is 93.5 Å². The number of hydrogen-bond acceptors (Lipinski definition) is 7. The predicted octanol–water partition coefficient (Wildman–Crippen LogP) is 3.60. The van der Waals surface area contributed by atoms with E-state index < -0.39 is 27.4 Å². The van der Waals surface area contributed by atoms with Gasteiger partial charge in [0.2, 0.25) is 0 Å². The fraction of sp³-hybridized carbons (Fsp3) is 0.0909. The molecule has 0 saturated heterocycles. The van der Waals surface area contributed by atoms with Crippen LogP contribution in [0.1, 0.15) is 5.56 Å². The number of rotatable bonds is 9. The van der Waals surface area contributed by atoms with Crippen LogP contribution in [0.5, 0.6) is 5.75 Å². The molecule has 0 aliphatic rings. The predicted molar refractivity (Wildman–Crippen MR) is 128 cm³/mol. The number of hydrazone groups is 1. The third-order valence-corrected chi connectivity index (χ3v) is 6.64. The molecular weight excluding hydrogens is 484 g/mol. The highest BCUT2D eigenvalue weighted by molar-refractivity contribution is 7.92. The molecule has 10 nitrogen and oxygen atoms in total. The average Bonchev–Trinajstić information content (AvgIpc) is 2.83. The number of carbonyl (C=O) groups excluding carboxylic acids is 1. The standard InChI is InChI=1S/C22H19ClN4O6S/c1-33-21-12-11-16(13-20(21)27(29)30)14-24-25-22(28)15-26(19-10-6-5-9-18(19)23)34(31,32)17-7-3-2-4-8-17/h2-14H,15H2,1H3,(H,25,28)/b24-14+. The molecule has 0 heterocycles. The number of sulfonamides is 1. The van der Waals surface area contributed by atoms with E-state index in [0.29, 0.717) is 5.56 Å². The number of hydrogen-bond donors (Lipinski definition) is 1. The number of nitrogens with zero attached hydrogens (tertiary/aromatic N) is 3. The molecule has 3 aromatic rings. The van der Waals surface area contributed by atoms with E-state index in [-0.39, 0.29) is 27.0 Å². The van der Waals surface area contributed by atoms with Gasteiger partial charge in [-0.25, -0.2) is 13.8 Å². The molecule has 0 aliphatic heterocycles. The summed E-state index contributed by atoms with van der Waals surface area (Å²) in [6.07, 6.45) is 1.19. The number of para-hydroxylation sites is 1. The van der Waals surface area contributed by atoms with Crippen molar-refractivity contribution < 1.29 is 22.9 Å². The van der Waals surface area contributed by atoms with Crippen LogP contribution in [0.2, 0.25) is 5.02 Å². The quantitative estimate of drug-likeness (QED) is 0.270. The van der Waals surface area contributed by atoms with Gasteiger partial charge in [-0.05, 0) is 36.4 Å². The van der Waals surface area contributed by atoms with E-state index in [4.69, 9.17) is 16.3 Å². The van der Waals surface area contributed by atoms with Gasteiger partial charge in [0.05, 0.1) is 33.9 Å². The van der Waals surface area contributed by atoms with Gasteiger partial charge in [-0.3, -0.25) is 19.2 Å². The zero-order valence-corrected chi connectivity index (χ0v) is 19.4. The van der Waals surface area contributed by atoms with Gasteiger partial charge in [0.1, 0.15) is 6.54 Å². The van der Waals surface area contributed by atoms with E-state index in [9.17, 15) is 23.3 Å². The summed E-state index contributed by atoms with van der Waals surface area (Å²) in [7, 11) is -2.81. The molecule has 3 aromatic carbocycles. The first-order valence-corrected chi connectivity index (χ1v) is 11.5. The maximum absolute atomic E-state index is 13.3. The van der Waals surface area contributed by atoms with Crippen molar-refractivity contribution in [2.24, 2.45) is 5.10 Å². The topological polar surface area (TPSA) is 131 Å². The summed E-state index contributed by atoms with van der Waals surface area (Å²) in [6, 6.07) is 18.0. The molecule has 0 fully saturated rings. The van der Waals surface area contributed by atoms with E-state index in [1.807, 2.05) is 0 Å². The highest BCUT2D eigenvalue weighted by Crippen LogP contribution is 2.30. The molecule has 176 valence electrons. The molecular formula is C22H19ClN4O6S. The number of nitrogens with one attached hydrogen (secondary N) is 1. The molecule has 12 heteroatoms. The zero-order chi connectivity index (χ0) is 24.7. The number of benzene rings is 3. The van der Waals surface area contributed by atoms with Crippen LogP contribution in [0.15, 0.2) is 82.8 Å². The number of methoxy groups -OCH3 is 1. The summed E-state index contributed by atoms with van der Waals surface area (Å²) in [5.74, 6) is -0.675. The molecule has 34 heavy (non-hydrogen) atoms. The van der Waals surface area contributed by atoms with Gasteiger partial charge in [-0.1, -0.05) is 41.9 Å². The largest absolute Gasteiger partial charge is 0.490 e. The lowest BCUT2D eigenvalue weighted by molar-refractivity contribution is -0.385. The minimum atomic E-state index is -4.12. The van der Waals surface area contributed by atoms with Gasteiger partial charge in [0.15, 0.2) is 5.75 Å². The maximum atomic E-state index is 13.3. The molecule has 0 unspecified atom stereocenters. The molecule has 0 aromatic heterocycles. The normalized spacial score (nSPS) is 11.2. The lowest BCUT2D eigenvalue weighted by atomic mass is 10.2. The molecule has 0 atom stereocenters. The number of anilines is 1. The highest BCUT2D eigenvalue weighted by Gasteiger charge is 2.28. The average molecular weight is 503 g/mol. The second-order valence-electron chi connectivity index (χ2n) is 6.76. The molecule has 1 N–H and O–H groups in total. The van der Waals surface area contributed by atoms with Gasteiger partial charge in [0.25, 0.3) is 15.9 Å². The van der Waals surface area contributed by atoms with Gasteiger partial charge in [0, 0.05) is 11.6 Å². The Morgan fingerprint density at radius 1 is 1.15 bits per heavy atom. The lowest BCUT2D eigenvalue weighted by Gasteiger charge is -2.24. The molecule has 1 amide bonds. The Morgan fingerprint density at radius 3 is 2.47 bits per heavy atom. The molecule has 0 radical (unpaired) electrons. The summed E-state index contributed by atoms with van der Waals surface area (Å²) >= 11 is 6.21. The van der Waals surface area contributed by atoms with Crippen LogP contribution in [0.4, 0.5) is 11.4 Å². The lowest BCUT2D eigenvalue weighted by Crippen LogP contribution is -2.39. The van der Waals surface area contributed by atoms with Gasteiger partial charge in [-0.15, -0.1) is 0 Å². The molecule has 0 aliphatic carbocycles.